The maximum Gasteiger partial charge on any atom is 0.0781 e. The van der Waals surface area contributed by atoms with Crippen LogP contribution in [0.3, 0.4) is 0 Å². The van der Waals surface area contributed by atoms with Crippen LogP contribution in [0.1, 0.15) is 64.6 Å². The van der Waals surface area contributed by atoms with Crippen molar-refractivity contribution in [3.63, 3.8) is 0 Å². The number of aryl methyl sites for hydroxylation is 1. The molecule has 1 aliphatic heterocycles. The van der Waals surface area contributed by atoms with E-state index in [4.69, 9.17) is 4.99 Å². The highest BCUT2D eigenvalue weighted by Crippen LogP contribution is 2.48. The lowest BCUT2D eigenvalue weighted by molar-refractivity contribution is 0.859. The lowest BCUT2D eigenvalue weighted by Gasteiger charge is -2.18. The number of aliphatic imine (C=N–C) groups is 1. The molecule has 1 heterocycles. The van der Waals surface area contributed by atoms with Crippen molar-refractivity contribution in [2.45, 2.75) is 44.4 Å². The molecule has 0 amide bonds. The average Bonchev–Trinajstić information content (AvgIpc) is 3.29. The van der Waals surface area contributed by atoms with Crippen LogP contribution in [0.2, 0.25) is 0 Å². The van der Waals surface area contributed by atoms with Gasteiger partial charge in [0.2, 0.25) is 0 Å². The van der Waals surface area contributed by atoms with Crippen molar-refractivity contribution in [3.8, 4) is 0 Å². The minimum absolute atomic E-state index is 0.410. The smallest absolute Gasteiger partial charge is 0.0781 e. The Balaban J connectivity index is 1.63. The maximum absolute atomic E-state index is 5.35. The van der Waals surface area contributed by atoms with E-state index in [0.717, 1.165) is 28.3 Å². The zero-order valence-electron chi connectivity index (χ0n) is 20.4. The second-order valence-electron chi connectivity index (χ2n) is 9.46. The van der Waals surface area contributed by atoms with Gasteiger partial charge < -0.3 is 0 Å². The molecule has 0 radical (unpaired) electrons. The quantitative estimate of drug-likeness (QED) is 0.270. The second-order valence-corrected chi connectivity index (χ2v) is 10.5. The minimum atomic E-state index is 0.410. The molecule has 1 atom stereocenters. The number of thioether (sulfide) groups is 1. The second kappa shape index (κ2) is 9.64. The van der Waals surface area contributed by atoms with E-state index in [2.05, 4.69) is 119 Å². The summed E-state index contributed by atoms with van der Waals surface area (Å²) in [4.78, 5) is 6.76. The molecule has 0 N–H and O–H groups in total. The highest BCUT2D eigenvalue weighted by molar-refractivity contribution is 7.99. The monoisotopic (exact) mass is 461 g/mol. The molecule has 0 aliphatic carbocycles. The molecule has 5 rings (SSSR count). The van der Waals surface area contributed by atoms with Gasteiger partial charge in [0.05, 0.1) is 11.4 Å². The molecule has 0 saturated heterocycles. The van der Waals surface area contributed by atoms with Gasteiger partial charge in [0.1, 0.15) is 0 Å². The van der Waals surface area contributed by atoms with Crippen LogP contribution in [0.25, 0.3) is 0 Å². The van der Waals surface area contributed by atoms with E-state index in [1.54, 1.807) is 0 Å². The van der Waals surface area contributed by atoms with E-state index >= 15 is 0 Å². The minimum Gasteiger partial charge on any atom is -0.247 e. The molecule has 0 spiro atoms. The summed E-state index contributed by atoms with van der Waals surface area (Å²) in [6.45, 7) is 8.97. The molecular formula is C32H31NS. The summed E-state index contributed by atoms with van der Waals surface area (Å²) in [6, 6.07) is 32.7. The normalized spacial score (nSPS) is 14.8. The topological polar surface area (TPSA) is 12.4 Å². The summed E-state index contributed by atoms with van der Waals surface area (Å²) in [5.74, 6) is 2.06. The predicted octanol–water partition coefficient (Wildman–Crippen LogP) is 8.83. The molecule has 0 fully saturated rings. The van der Waals surface area contributed by atoms with Crippen LogP contribution >= 0.6 is 11.8 Å². The van der Waals surface area contributed by atoms with E-state index in [-0.39, 0.29) is 0 Å². The van der Waals surface area contributed by atoms with Gasteiger partial charge in [0.25, 0.3) is 0 Å². The number of nitrogens with zero attached hydrogens (tertiary/aromatic N) is 1. The molecule has 34 heavy (non-hydrogen) atoms. The molecule has 2 heteroatoms. The molecule has 170 valence electrons. The Hall–Kier alpha value is -3.10. The first kappa shape index (κ1) is 22.7. The van der Waals surface area contributed by atoms with Crippen molar-refractivity contribution < 1.29 is 0 Å². The largest absolute Gasteiger partial charge is 0.247 e. The number of rotatable bonds is 5. The van der Waals surface area contributed by atoms with Gasteiger partial charge in [-0.05, 0) is 53.6 Å². The average molecular weight is 462 g/mol. The number of hydrogen-bond donors (Lipinski definition) is 0. The molecule has 1 nitrogen and oxygen atoms in total. The van der Waals surface area contributed by atoms with E-state index < -0.39 is 0 Å². The lowest BCUT2D eigenvalue weighted by Crippen LogP contribution is -2.05. The molecule has 0 bridgehead atoms. The van der Waals surface area contributed by atoms with Crippen LogP contribution < -0.4 is 0 Å². The Morgan fingerprint density at radius 1 is 0.824 bits per heavy atom. The SMILES string of the molecule is Cc1cc2c(c(C)c1N=C(c1ccccc1)c1ccccc1)C(c1ccc(C(C)C)cc1)CS2. The maximum atomic E-state index is 5.35. The zero-order valence-corrected chi connectivity index (χ0v) is 21.2. The van der Waals surface area contributed by atoms with Crippen molar-refractivity contribution in [2.24, 2.45) is 4.99 Å². The molecule has 1 unspecified atom stereocenters. The van der Waals surface area contributed by atoms with Crippen LogP contribution in [-0.2, 0) is 0 Å². The highest BCUT2D eigenvalue weighted by Gasteiger charge is 2.29. The summed E-state index contributed by atoms with van der Waals surface area (Å²) >= 11 is 1.98. The first-order valence-electron chi connectivity index (χ1n) is 12.1. The van der Waals surface area contributed by atoms with Crippen LogP contribution in [0.4, 0.5) is 5.69 Å². The zero-order chi connectivity index (χ0) is 23.7. The van der Waals surface area contributed by atoms with Crippen molar-refractivity contribution in [3.05, 3.63) is 130 Å². The summed E-state index contributed by atoms with van der Waals surface area (Å²) in [5.41, 5.74) is 11.2. The van der Waals surface area contributed by atoms with Gasteiger partial charge >= 0.3 is 0 Å². The molecule has 0 aromatic heterocycles. The van der Waals surface area contributed by atoms with Gasteiger partial charge in [-0.2, -0.15) is 0 Å². The third-order valence-electron chi connectivity index (χ3n) is 6.82. The summed E-state index contributed by atoms with van der Waals surface area (Å²) < 4.78 is 0. The van der Waals surface area contributed by atoms with Crippen LogP contribution in [0, 0.1) is 13.8 Å². The van der Waals surface area contributed by atoms with Crippen LogP contribution in [0.5, 0.6) is 0 Å². The third kappa shape index (κ3) is 4.35. The Kier molecular flexibility index (Phi) is 6.43. The van der Waals surface area contributed by atoms with Crippen LogP contribution in [0.15, 0.2) is 101 Å². The molecule has 4 aromatic carbocycles. The summed E-state index contributed by atoms with van der Waals surface area (Å²) in [7, 11) is 0. The van der Waals surface area contributed by atoms with Crippen molar-refractivity contribution in [1.82, 2.24) is 0 Å². The lowest BCUT2D eigenvalue weighted by atomic mass is 9.87. The van der Waals surface area contributed by atoms with Crippen molar-refractivity contribution in [2.75, 3.05) is 5.75 Å². The molecule has 0 saturated carbocycles. The van der Waals surface area contributed by atoms with E-state index in [0.29, 0.717) is 11.8 Å². The first-order chi connectivity index (χ1) is 16.5. The van der Waals surface area contributed by atoms with Gasteiger partial charge in [0, 0.05) is 27.7 Å². The number of hydrogen-bond acceptors (Lipinski definition) is 2. The Morgan fingerprint density at radius 3 is 1.97 bits per heavy atom. The molecule has 4 aromatic rings. The summed E-state index contributed by atoms with van der Waals surface area (Å²) in [6.07, 6.45) is 0. The Morgan fingerprint density at radius 2 is 1.41 bits per heavy atom. The fraction of sp³-hybridized carbons (Fsp3) is 0.219. The van der Waals surface area contributed by atoms with Crippen LogP contribution in [-0.4, -0.2) is 11.5 Å². The number of benzene rings is 4. The van der Waals surface area contributed by atoms with E-state index in [1.807, 2.05) is 11.8 Å². The Bertz CT molecular complexity index is 1280. The highest BCUT2D eigenvalue weighted by atomic mass is 32.2. The summed E-state index contributed by atoms with van der Waals surface area (Å²) in [5, 5.41) is 0. The van der Waals surface area contributed by atoms with Gasteiger partial charge in [-0.15, -0.1) is 11.8 Å². The standard InChI is InChI=1S/C32H31NS/c1-21(2)24-15-17-25(18-16-24)28-20-34-29-19-22(3)31(23(4)30(28)29)33-32(26-11-7-5-8-12-26)27-13-9-6-10-14-27/h5-19,21,28H,20H2,1-4H3. The third-order valence-corrected chi connectivity index (χ3v) is 7.97. The Labute approximate surface area is 208 Å². The predicted molar refractivity (Wildman–Crippen MR) is 147 cm³/mol. The van der Waals surface area contributed by atoms with Crippen molar-refractivity contribution in [1.29, 1.82) is 0 Å². The van der Waals surface area contributed by atoms with E-state index in [9.17, 15) is 0 Å². The molecule has 1 aliphatic rings. The van der Waals surface area contributed by atoms with E-state index in [1.165, 1.54) is 32.7 Å². The van der Waals surface area contributed by atoms with Gasteiger partial charge in [-0.1, -0.05) is 98.8 Å². The van der Waals surface area contributed by atoms with Gasteiger partial charge in [0.15, 0.2) is 0 Å². The first-order valence-corrected chi connectivity index (χ1v) is 13.1. The van der Waals surface area contributed by atoms with Gasteiger partial charge in [-0.3, -0.25) is 0 Å². The molecular weight excluding hydrogens is 430 g/mol. The fourth-order valence-corrected chi connectivity index (χ4v) is 6.32. The van der Waals surface area contributed by atoms with Gasteiger partial charge in [-0.25, -0.2) is 4.99 Å². The van der Waals surface area contributed by atoms with Crippen molar-refractivity contribution >= 4 is 23.2 Å². The number of fused-ring (bicyclic) bond motifs is 1. The fourth-order valence-electron chi connectivity index (χ4n) is 4.91.